The summed E-state index contributed by atoms with van der Waals surface area (Å²) >= 11 is 0. The van der Waals surface area contributed by atoms with E-state index in [9.17, 15) is 4.39 Å². The first-order chi connectivity index (χ1) is 13.1. The zero-order chi connectivity index (χ0) is 18.9. The predicted octanol–water partition coefficient (Wildman–Crippen LogP) is 5.77. The molecule has 0 saturated carbocycles. The summed E-state index contributed by atoms with van der Waals surface area (Å²) < 4.78 is 14.0. The summed E-state index contributed by atoms with van der Waals surface area (Å²) in [6.45, 7) is 6.53. The van der Waals surface area contributed by atoms with Gasteiger partial charge in [0, 0.05) is 13.1 Å². The molecule has 0 spiro atoms. The van der Waals surface area contributed by atoms with Crippen LogP contribution in [0.1, 0.15) is 55.4 Å². The van der Waals surface area contributed by atoms with Crippen molar-refractivity contribution >= 4 is 0 Å². The minimum atomic E-state index is -0.984. The number of rotatable bonds is 6. The Morgan fingerprint density at radius 3 is 2.67 bits per heavy atom. The maximum Gasteiger partial charge on any atom is 0.122 e. The first-order valence-corrected chi connectivity index (χ1v) is 10.7. The smallest absolute Gasteiger partial charge is 0.122 e. The number of alkyl halides is 1. The molecule has 2 aliphatic rings. The van der Waals surface area contributed by atoms with Gasteiger partial charge in [0.15, 0.2) is 0 Å². The van der Waals surface area contributed by atoms with Crippen LogP contribution in [-0.2, 0) is 25.7 Å². The van der Waals surface area contributed by atoms with Crippen LogP contribution < -0.4 is 0 Å². The lowest BCUT2D eigenvalue weighted by molar-refractivity contribution is 0.188. The molecule has 1 nitrogen and oxygen atoms in total. The van der Waals surface area contributed by atoms with Crippen molar-refractivity contribution in [2.24, 2.45) is 0 Å². The number of likely N-dealkylation sites (tertiary alicyclic amines) is 1. The Hall–Kier alpha value is -1.67. The second-order valence-electron chi connectivity index (χ2n) is 8.64. The molecule has 1 unspecified atom stereocenters. The van der Waals surface area contributed by atoms with Gasteiger partial charge in [0.25, 0.3) is 0 Å². The second-order valence-corrected chi connectivity index (χ2v) is 8.64. The Bertz CT molecular complexity index is 808. The summed E-state index contributed by atoms with van der Waals surface area (Å²) in [6, 6.07) is 13.7. The second kappa shape index (κ2) is 7.75. The Labute approximate surface area is 163 Å². The van der Waals surface area contributed by atoms with Crippen LogP contribution in [0.25, 0.3) is 11.1 Å². The third-order valence-electron chi connectivity index (χ3n) is 6.49. The molecule has 2 aromatic rings. The number of hydrogen-bond acceptors (Lipinski definition) is 1. The zero-order valence-electron chi connectivity index (χ0n) is 16.9. The van der Waals surface area contributed by atoms with Crippen LogP contribution in [0.4, 0.5) is 4.39 Å². The molecule has 0 amide bonds. The van der Waals surface area contributed by atoms with E-state index in [4.69, 9.17) is 0 Å². The molecular weight excluding hydrogens is 333 g/mol. The summed E-state index contributed by atoms with van der Waals surface area (Å²) in [5.41, 5.74) is 8.01. The highest BCUT2D eigenvalue weighted by Gasteiger charge is 2.32. The molecule has 27 heavy (non-hydrogen) atoms. The van der Waals surface area contributed by atoms with Crippen molar-refractivity contribution in [3.05, 3.63) is 58.7 Å². The number of benzene rings is 2. The van der Waals surface area contributed by atoms with E-state index in [1.807, 2.05) is 0 Å². The number of halogens is 1. The quantitative estimate of drug-likeness (QED) is 0.628. The molecule has 1 atom stereocenters. The Kier molecular flexibility index (Phi) is 5.36. The fourth-order valence-electron chi connectivity index (χ4n) is 5.11. The van der Waals surface area contributed by atoms with E-state index in [-0.39, 0.29) is 0 Å². The van der Waals surface area contributed by atoms with Crippen LogP contribution in [0.3, 0.4) is 0 Å². The fourth-order valence-corrected chi connectivity index (χ4v) is 5.11. The van der Waals surface area contributed by atoms with Gasteiger partial charge in [-0.1, -0.05) is 43.3 Å². The molecule has 1 fully saturated rings. The lowest BCUT2D eigenvalue weighted by Gasteiger charge is -2.19. The highest BCUT2D eigenvalue weighted by atomic mass is 19.1. The molecule has 2 heteroatoms. The highest BCUT2D eigenvalue weighted by Crippen LogP contribution is 2.35. The molecule has 0 N–H and O–H groups in total. The van der Waals surface area contributed by atoms with E-state index >= 15 is 0 Å². The monoisotopic (exact) mass is 365 g/mol. The number of nitrogens with zero attached hydrogens (tertiary/aromatic N) is 1. The predicted molar refractivity (Wildman–Crippen MR) is 112 cm³/mol. The minimum Gasteiger partial charge on any atom is -0.300 e. The number of aryl methyl sites for hydroxylation is 2. The van der Waals surface area contributed by atoms with Gasteiger partial charge in [0.05, 0.1) is 0 Å². The molecule has 1 saturated heterocycles. The topological polar surface area (TPSA) is 3.24 Å². The summed E-state index contributed by atoms with van der Waals surface area (Å²) in [5.74, 6) is 0. The van der Waals surface area contributed by atoms with Gasteiger partial charge in [0.1, 0.15) is 5.67 Å². The van der Waals surface area contributed by atoms with Crippen LogP contribution in [0.2, 0.25) is 0 Å². The van der Waals surface area contributed by atoms with E-state index < -0.39 is 5.67 Å². The Balaban J connectivity index is 1.52. The van der Waals surface area contributed by atoms with Crippen molar-refractivity contribution in [3.63, 3.8) is 0 Å². The molecule has 0 bridgehead atoms. The van der Waals surface area contributed by atoms with Crippen molar-refractivity contribution < 1.29 is 4.39 Å². The van der Waals surface area contributed by atoms with Gasteiger partial charge in [-0.05, 0) is 91.8 Å². The van der Waals surface area contributed by atoms with Crippen molar-refractivity contribution in [3.8, 4) is 11.1 Å². The third kappa shape index (κ3) is 3.96. The molecular formula is C25H32FN. The first-order valence-electron chi connectivity index (χ1n) is 10.7. The average Bonchev–Trinajstić information content (AvgIpc) is 3.27. The van der Waals surface area contributed by atoms with Crippen LogP contribution >= 0.6 is 0 Å². The van der Waals surface area contributed by atoms with Crippen LogP contribution in [0.5, 0.6) is 0 Å². The number of fused-ring (bicyclic) bond motifs is 1. The lowest BCUT2D eigenvalue weighted by Crippen LogP contribution is -2.27. The van der Waals surface area contributed by atoms with Crippen molar-refractivity contribution in [1.82, 2.24) is 4.90 Å². The molecule has 0 aromatic heterocycles. The van der Waals surface area contributed by atoms with Crippen LogP contribution in [-0.4, -0.2) is 30.2 Å². The van der Waals surface area contributed by atoms with E-state index in [1.54, 1.807) is 18.1 Å². The number of hydrogen-bond donors (Lipinski definition) is 0. The van der Waals surface area contributed by atoms with Gasteiger partial charge in [-0.2, -0.15) is 0 Å². The summed E-state index contributed by atoms with van der Waals surface area (Å²) in [5, 5.41) is 0. The SMILES string of the molecule is CCc1c(CCCN2CCC(C)(F)C2)cccc1-c1cccc2c1CCC2. The molecule has 1 heterocycles. The molecule has 4 rings (SSSR count). The van der Waals surface area contributed by atoms with Crippen LogP contribution in [0, 0.1) is 0 Å². The van der Waals surface area contributed by atoms with E-state index in [1.165, 1.54) is 41.5 Å². The van der Waals surface area contributed by atoms with Gasteiger partial charge in [-0.3, -0.25) is 0 Å². The summed E-state index contributed by atoms with van der Waals surface area (Å²) in [6.07, 6.45) is 7.69. The van der Waals surface area contributed by atoms with E-state index in [2.05, 4.69) is 48.2 Å². The molecule has 2 aromatic carbocycles. The van der Waals surface area contributed by atoms with Gasteiger partial charge in [0.2, 0.25) is 0 Å². The lowest BCUT2D eigenvalue weighted by atomic mass is 9.88. The molecule has 0 radical (unpaired) electrons. The van der Waals surface area contributed by atoms with Gasteiger partial charge < -0.3 is 4.90 Å². The average molecular weight is 366 g/mol. The van der Waals surface area contributed by atoms with Gasteiger partial charge >= 0.3 is 0 Å². The van der Waals surface area contributed by atoms with Gasteiger partial charge in [-0.15, -0.1) is 0 Å². The zero-order valence-corrected chi connectivity index (χ0v) is 16.9. The Morgan fingerprint density at radius 1 is 1.07 bits per heavy atom. The summed E-state index contributed by atoms with van der Waals surface area (Å²) in [4.78, 5) is 2.29. The third-order valence-corrected chi connectivity index (χ3v) is 6.49. The van der Waals surface area contributed by atoms with Crippen molar-refractivity contribution in [2.45, 2.75) is 64.5 Å². The largest absolute Gasteiger partial charge is 0.300 e. The molecule has 144 valence electrons. The van der Waals surface area contributed by atoms with E-state index in [0.717, 1.165) is 32.4 Å². The highest BCUT2D eigenvalue weighted by molar-refractivity contribution is 5.73. The van der Waals surface area contributed by atoms with Crippen LogP contribution in [0.15, 0.2) is 36.4 Å². The molecule has 1 aliphatic carbocycles. The standard InChI is InChI=1S/C25H32FN/c1-3-21-19(11-7-16-27-17-15-25(2,26)18-27)8-5-13-23(21)24-14-6-10-20-9-4-12-22(20)24/h5-6,8,10,13-14H,3-4,7,9,11-12,15-18H2,1-2H3. The summed E-state index contributed by atoms with van der Waals surface area (Å²) in [7, 11) is 0. The maximum absolute atomic E-state index is 14.0. The fraction of sp³-hybridized carbons (Fsp3) is 0.520. The van der Waals surface area contributed by atoms with Gasteiger partial charge in [-0.25, -0.2) is 4.39 Å². The Morgan fingerprint density at radius 2 is 1.89 bits per heavy atom. The first kappa shape index (κ1) is 18.7. The maximum atomic E-state index is 14.0. The minimum absolute atomic E-state index is 0.601. The van der Waals surface area contributed by atoms with Crippen molar-refractivity contribution in [2.75, 3.05) is 19.6 Å². The van der Waals surface area contributed by atoms with Crippen molar-refractivity contribution in [1.29, 1.82) is 0 Å². The van der Waals surface area contributed by atoms with E-state index in [0.29, 0.717) is 13.0 Å². The normalized spacial score (nSPS) is 22.3. The molecule has 1 aliphatic heterocycles.